The number of amides is 1. The van der Waals surface area contributed by atoms with Crippen molar-refractivity contribution < 1.29 is 4.79 Å². The van der Waals surface area contributed by atoms with Gasteiger partial charge in [-0.15, -0.1) is 0 Å². The molecule has 1 aromatic heterocycles. The van der Waals surface area contributed by atoms with E-state index in [1.807, 2.05) is 19.1 Å². The number of carbonyl (C=O) groups is 1. The zero-order valence-electron chi connectivity index (χ0n) is 8.29. The molecule has 3 N–H and O–H groups in total. The van der Waals surface area contributed by atoms with Gasteiger partial charge in [-0.25, -0.2) is 0 Å². The van der Waals surface area contributed by atoms with Crippen LogP contribution in [0.1, 0.15) is 18.5 Å². The maximum Gasteiger partial charge on any atom is 0.217 e. The Kier molecular flexibility index (Phi) is 3.91. The molecule has 0 saturated carbocycles. The summed E-state index contributed by atoms with van der Waals surface area (Å²) in [6.07, 6.45) is 2.94. The molecule has 0 atom stereocenters. The van der Waals surface area contributed by atoms with E-state index in [0.29, 0.717) is 6.42 Å². The number of nitrogens with one attached hydrogen (secondary N) is 1. The number of aryl methyl sites for hydroxylation is 1. The van der Waals surface area contributed by atoms with Crippen LogP contribution < -0.4 is 11.1 Å². The number of nitrogens with two attached hydrogens (primary N) is 1. The van der Waals surface area contributed by atoms with Crippen LogP contribution in [0.25, 0.3) is 0 Å². The largest absolute Gasteiger partial charge is 0.385 e. The minimum atomic E-state index is -0.252. The summed E-state index contributed by atoms with van der Waals surface area (Å²) >= 11 is 0. The van der Waals surface area contributed by atoms with Crippen LogP contribution in [-0.4, -0.2) is 17.4 Å². The SMILES string of the molecule is Cc1cc(NCCCC(N)=O)ccn1. The van der Waals surface area contributed by atoms with E-state index >= 15 is 0 Å². The molecule has 0 radical (unpaired) electrons. The van der Waals surface area contributed by atoms with Crippen LogP contribution in [0.15, 0.2) is 18.3 Å². The Balaban J connectivity index is 2.28. The third kappa shape index (κ3) is 3.89. The lowest BCUT2D eigenvalue weighted by Gasteiger charge is -2.05. The summed E-state index contributed by atoms with van der Waals surface area (Å²) in [4.78, 5) is 14.5. The maximum atomic E-state index is 10.4. The second-order valence-corrected chi connectivity index (χ2v) is 3.18. The van der Waals surface area contributed by atoms with Crippen LogP contribution in [0, 0.1) is 6.92 Å². The van der Waals surface area contributed by atoms with Gasteiger partial charge in [0.2, 0.25) is 5.91 Å². The molecule has 1 rings (SSSR count). The molecule has 0 aliphatic heterocycles. The molecule has 0 aliphatic carbocycles. The summed E-state index contributed by atoms with van der Waals surface area (Å²) in [5, 5.41) is 3.19. The van der Waals surface area contributed by atoms with Crippen LogP contribution in [0.3, 0.4) is 0 Å². The number of nitrogens with zero attached hydrogens (tertiary/aromatic N) is 1. The van der Waals surface area contributed by atoms with Crippen molar-refractivity contribution in [3.8, 4) is 0 Å². The van der Waals surface area contributed by atoms with E-state index in [4.69, 9.17) is 5.73 Å². The van der Waals surface area contributed by atoms with Gasteiger partial charge < -0.3 is 11.1 Å². The van der Waals surface area contributed by atoms with Crippen molar-refractivity contribution in [1.29, 1.82) is 0 Å². The Bertz CT molecular complexity index is 312. The van der Waals surface area contributed by atoms with Crippen LogP contribution >= 0.6 is 0 Å². The van der Waals surface area contributed by atoms with Crippen LogP contribution in [0.5, 0.6) is 0 Å². The van der Waals surface area contributed by atoms with Gasteiger partial charge in [-0.05, 0) is 25.5 Å². The van der Waals surface area contributed by atoms with Crippen molar-refractivity contribution in [2.24, 2.45) is 5.73 Å². The molecule has 4 nitrogen and oxygen atoms in total. The van der Waals surface area contributed by atoms with Crippen molar-refractivity contribution >= 4 is 11.6 Å². The van der Waals surface area contributed by atoms with Gasteiger partial charge in [0.1, 0.15) is 0 Å². The van der Waals surface area contributed by atoms with Gasteiger partial charge in [-0.1, -0.05) is 0 Å². The minimum Gasteiger partial charge on any atom is -0.385 e. The Hall–Kier alpha value is -1.58. The van der Waals surface area contributed by atoms with Gasteiger partial charge >= 0.3 is 0 Å². The summed E-state index contributed by atoms with van der Waals surface area (Å²) in [5.41, 5.74) is 7.03. The second kappa shape index (κ2) is 5.21. The molecule has 14 heavy (non-hydrogen) atoms. The van der Waals surface area contributed by atoms with E-state index in [0.717, 1.165) is 24.3 Å². The van der Waals surface area contributed by atoms with Gasteiger partial charge in [0, 0.05) is 30.5 Å². The van der Waals surface area contributed by atoms with E-state index < -0.39 is 0 Å². The topological polar surface area (TPSA) is 68.0 Å². The van der Waals surface area contributed by atoms with E-state index in [2.05, 4.69) is 10.3 Å². The lowest BCUT2D eigenvalue weighted by Crippen LogP contribution is -2.12. The summed E-state index contributed by atoms with van der Waals surface area (Å²) in [6.45, 7) is 2.70. The highest BCUT2D eigenvalue weighted by Gasteiger charge is 1.95. The van der Waals surface area contributed by atoms with Crippen LogP contribution in [0.2, 0.25) is 0 Å². The molecule has 1 heterocycles. The molecule has 1 amide bonds. The number of pyridine rings is 1. The Morgan fingerprint density at radius 2 is 2.43 bits per heavy atom. The van der Waals surface area contributed by atoms with Gasteiger partial charge in [0.25, 0.3) is 0 Å². The molecule has 4 heteroatoms. The first-order chi connectivity index (χ1) is 6.68. The molecule has 0 unspecified atom stereocenters. The summed E-state index contributed by atoms with van der Waals surface area (Å²) in [7, 11) is 0. The summed E-state index contributed by atoms with van der Waals surface area (Å²) in [5.74, 6) is -0.252. The molecule has 1 aromatic rings. The van der Waals surface area contributed by atoms with Crippen molar-refractivity contribution in [1.82, 2.24) is 4.98 Å². The quantitative estimate of drug-likeness (QED) is 0.687. The Labute approximate surface area is 83.5 Å². The lowest BCUT2D eigenvalue weighted by atomic mass is 10.3. The highest BCUT2D eigenvalue weighted by atomic mass is 16.1. The number of primary amides is 1. The zero-order chi connectivity index (χ0) is 10.4. The number of hydrogen-bond donors (Lipinski definition) is 2. The summed E-state index contributed by atoms with van der Waals surface area (Å²) in [6, 6.07) is 3.86. The molecule has 0 fully saturated rings. The average molecular weight is 193 g/mol. The fourth-order valence-electron chi connectivity index (χ4n) is 1.15. The molecule has 0 saturated heterocycles. The number of aromatic nitrogens is 1. The van der Waals surface area contributed by atoms with Crippen molar-refractivity contribution in [2.75, 3.05) is 11.9 Å². The number of hydrogen-bond acceptors (Lipinski definition) is 3. The number of rotatable bonds is 5. The highest BCUT2D eigenvalue weighted by molar-refractivity contribution is 5.73. The fraction of sp³-hybridized carbons (Fsp3) is 0.400. The maximum absolute atomic E-state index is 10.4. The second-order valence-electron chi connectivity index (χ2n) is 3.18. The van der Waals surface area contributed by atoms with Crippen molar-refractivity contribution in [3.05, 3.63) is 24.0 Å². The Morgan fingerprint density at radius 3 is 3.07 bits per heavy atom. The molecule has 0 aliphatic rings. The average Bonchev–Trinajstić information content (AvgIpc) is 2.12. The first-order valence-electron chi connectivity index (χ1n) is 4.63. The van der Waals surface area contributed by atoms with E-state index in [1.54, 1.807) is 6.20 Å². The monoisotopic (exact) mass is 193 g/mol. The molecule has 0 spiro atoms. The Morgan fingerprint density at radius 1 is 1.64 bits per heavy atom. The zero-order valence-corrected chi connectivity index (χ0v) is 8.29. The van der Waals surface area contributed by atoms with Crippen LogP contribution in [0.4, 0.5) is 5.69 Å². The van der Waals surface area contributed by atoms with Gasteiger partial charge in [-0.2, -0.15) is 0 Å². The van der Waals surface area contributed by atoms with E-state index in [-0.39, 0.29) is 5.91 Å². The predicted octanol–water partition coefficient (Wildman–Crippen LogP) is 1.07. The first-order valence-corrected chi connectivity index (χ1v) is 4.63. The third-order valence-electron chi connectivity index (χ3n) is 1.83. The smallest absolute Gasteiger partial charge is 0.217 e. The van der Waals surface area contributed by atoms with E-state index in [1.165, 1.54) is 0 Å². The molecule has 76 valence electrons. The van der Waals surface area contributed by atoms with Crippen molar-refractivity contribution in [3.63, 3.8) is 0 Å². The summed E-state index contributed by atoms with van der Waals surface area (Å²) < 4.78 is 0. The van der Waals surface area contributed by atoms with Gasteiger partial charge in [-0.3, -0.25) is 9.78 Å². The highest BCUT2D eigenvalue weighted by Crippen LogP contribution is 2.06. The van der Waals surface area contributed by atoms with E-state index in [9.17, 15) is 4.79 Å². The number of carbonyl (C=O) groups excluding carboxylic acids is 1. The predicted molar refractivity (Wildman–Crippen MR) is 55.9 cm³/mol. The fourth-order valence-corrected chi connectivity index (χ4v) is 1.15. The molecular formula is C10H15N3O. The van der Waals surface area contributed by atoms with Gasteiger partial charge in [0.15, 0.2) is 0 Å². The van der Waals surface area contributed by atoms with Crippen LogP contribution in [-0.2, 0) is 4.79 Å². The van der Waals surface area contributed by atoms with Gasteiger partial charge in [0.05, 0.1) is 0 Å². The standard InChI is InChI=1S/C10H15N3O/c1-8-7-9(4-6-12-8)13-5-2-3-10(11)14/h4,6-7H,2-3,5H2,1H3,(H2,11,14)(H,12,13). The lowest BCUT2D eigenvalue weighted by molar-refractivity contribution is -0.118. The molecule has 0 bridgehead atoms. The minimum absolute atomic E-state index is 0.252. The molecule has 0 aromatic carbocycles. The van der Waals surface area contributed by atoms with Crippen molar-refractivity contribution in [2.45, 2.75) is 19.8 Å². The third-order valence-corrected chi connectivity index (χ3v) is 1.83. The normalized spacial score (nSPS) is 9.79. The molecular weight excluding hydrogens is 178 g/mol. The number of anilines is 1. The first kappa shape index (κ1) is 10.5.